The minimum atomic E-state index is -2.50. The number of carbonyl (C=O) groups is 5. The van der Waals surface area contributed by atoms with E-state index in [-0.39, 0.29) is 59.1 Å². The Hall–Kier alpha value is -1.80. The van der Waals surface area contributed by atoms with Crippen LogP contribution in [0.1, 0.15) is 115 Å². The van der Waals surface area contributed by atoms with Crippen molar-refractivity contribution in [3.05, 3.63) is 29.3 Å². The Morgan fingerprint density at radius 1 is 1.04 bits per heavy atom. The summed E-state index contributed by atoms with van der Waals surface area (Å²) in [6, 6.07) is 2.60. The smallest absolute Gasteiger partial charge is 0.418 e. The number of aryl methyl sites for hydroxylation is 1. The van der Waals surface area contributed by atoms with Gasteiger partial charge in [-0.05, 0) is 57.4 Å². The Morgan fingerprint density at radius 2 is 1.63 bits per heavy atom. The standard InChI is InChI=1S/C32H49N3O9S.Pr/c1-8-9-10-11-12-13-14-15-16-23(20-33-45(41)42)43-28(38)22-17-18-24(21(2)19-22)34-27(37)25(26(36)31(3,4)5)35-29(39)32(6,7)44-30(35)40;/h17-19,23,25,33H,8-16,20H2,1-7H3,(H,34,37)(H,41,42);/p-1. The molecule has 0 spiro atoms. The molecule has 255 valence electrons. The van der Waals surface area contributed by atoms with Gasteiger partial charge in [0.05, 0.1) is 5.56 Å². The maximum absolute atomic E-state index is 13.5. The predicted octanol–water partition coefficient (Wildman–Crippen LogP) is 5.11. The number of hydrogen-bond acceptors (Lipinski definition) is 9. The molecule has 2 N–H and O–H groups in total. The molecule has 1 aromatic carbocycles. The second-order valence-corrected chi connectivity index (χ2v) is 13.7. The van der Waals surface area contributed by atoms with Crippen molar-refractivity contribution >= 4 is 46.6 Å². The van der Waals surface area contributed by atoms with Gasteiger partial charge >= 0.3 is 12.1 Å². The van der Waals surface area contributed by atoms with E-state index in [0.29, 0.717) is 16.9 Å². The zero-order valence-electron chi connectivity index (χ0n) is 28.1. The van der Waals surface area contributed by atoms with Crippen LogP contribution in [0.25, 0.3) is 0 Å². The quantitative estimate of drug-likeness (QED) is 0.0887. The summed E-state index contributed by atoms with van der Waals surface area (Å²) in [6.45, 7) is 11.2. The summed E-state index contributed by atoms with van der Waals surface area (Å²) >= 11 is -2.50. The molecule has 3 unspecified atom stereocenters. The summed E-state index contributed by atoms with van der Waals surface area (Å²) in [6.07, 6.45) is 7.50. The number of imide groups is 1. The zero-order valence-corrected chi connectivity index (χ0v) is 32.6. The first-order valence-corrected chi connectivity index (χ1v) is 16.6. The average Bonchev–Trinajstić information content (AvgIpc) is 3.14. The summed E-state index contributed by atoms with van der Waals surface area (Å²) < 4.78 is 35.2. The summed E-state index contributed by atoms with van der Waals surface area (Å²) in [5.41, 5.74) is -1.72. The van der Waals surface area contributed by atoms with Gasteiger partial charge in [-0.2, -0.15) is 0 Å². The summed E-state index contributed by atoms with van der Waals surface area (Å²) in [5.74, 6) is -3.03. The molecule has 14 heteroatoms. The molecule has 3 atom stereocenters. The number of ether oxygens (including phenoxy) is 2. The number of Topliss-reactive ketones (excluding diaryl/α,β-unsaturated/α-hetero) is 1. The van der Waals surface area contributed by atoms with Gasteiger partial charge in [0.15, 0.2) is 17.4 Å². The average molecular weight is 792 g/mol. The van der Waals surface area contributed by atoms with E-state index in [4.69, 9.17) is 9.47 Å². The molecule has 2 rings (SSSR count). The van der Waals surface area contributed by atoms with Crippen molar-refractivity contribution in [2.45, 2.75) is 124 Å². The monoisotopic (exact) mass is 791 g/mol. The molecule has 1 heterocycles. The molecule has 1 saturated heterocycles. The van der Waals surface area contributed by atoms with Gasteiger partial charge in [0.25, 0.3) is 11.8 Å². The third-order valence-corrected chi connectivity index (χ3v) is 7.97. The van der Waals surface area contributed by atoms with Crippen LogP contribution in [0.5, 0.6) is 0 Å². The summed E-state index contributed by atoms with van der Waals surface area (Å²) in [5, 5.41) is 2.61. The number of hydrogen-bond donors (Lipinski definition) is 2. The topological polar surface area (TPSA) is 171 Å². The van der Waals surface area contributed by atoms with E-state index in [9.17, 15) is 32.7 Å². The van der Waals surface area contributed by atoms with Crippen LogP contribution in [-0.4, -0.2) is 67.6 Å². The summed E-state index contributed by atoms with van der Waals surface area (Å²) in [4.78, 5) is 65.9. The van der Waals surface area contributed by atoms with Gasteiger partial charge in [0.2, 0.25) is 0 Å². The number of anilines is 1. The van der Waals surface area contributed by atoms with Crippen LogP contribution >= 0.6 is 0 Å². The van der Waals surface area contributed by atoms with Crippen LogP contribution in [0.4, 0.5) is 10.5 Å². The molecule has 1 aliphatic rings. The number of rotatable bonds is 18. The van der Waals surface area contributed by atoms with E-state index in [2.05, 4.69) is 17.0 Å². The number of ketones is 1. The van der Waals surface area contributed by atoms with E-state index in [0.717, 1.165) is 25.7 Å². The Bertz CT molecular complexity index is 1270. The van der Waals surface area contributed by atoms with Gasteiger partial charge < -0.3 is 19.3 Å². The second-order valence-electron chi connectivity index (χ2n) is 13.0. The third kappa shape index (κ3) is 12.7. The van der Waals surface area contributed by atoms with Crippen LogP contribution in [0.15, 0.2) is 18.2 Å². The van der Waals surface area contributed by atoms with Gasteiger partial charge in [0.1, 0.15) is 6.10 Å². The van der Waals surface area contributed by atoms with Gasteiger partial charge in [-0.1, -0.05) is 72.6 Å². The van der Waals surface area contributed by atoms with Crippen LogP contribution in [-0.2, 0) is 35.1 Å². The van der Waals surface area contributed by atoms with Gasteiger partial charge in [0, 0.05) is 70.2 Å². The van der Waals surface area contributed by atoms with Crippen molar-refractivity contribution in [2.75, 3.05) is 11.9 Å². The normalized spacial score (nSPS) is 16.2. The molecular weight excluding hydrogens is 743 g/mol. The summed E-state index contributed by atoms with van der Waals surface area (Å²) in [7, 11) is 0. The number of nitrogens with zero attached hydrogens (tertiary/aromatic N) is 1. The Morgan fingerprint density at radius 3 is 2.13 bits per heavy atom. The van der Waals surface area contributed by atoms with Crippen molar-refractivity contribution in [1.82, 2.24) is 9.62 Å². The molecule has 3 amide bonds. The van der Waals surface area contributed by atoms with Gasteiger partial charge in [-0.25, -0.2) is 19.2 Å². The fourth-order valence-electron chi connectivity index (χ4n) is 4.89. The second kappa shape index (κ2) is 19.3. The Balaban J connectivity index is 0.0000106. The van der Waals surface area contributed by atoms with E-state index >= 15 is 0 Å². The fourth-order valence-corrected chi connectivity index (χ4v) is 5.21. The molecule has 1 aliphatic heterocycles. The van der Waals surface area contributed by atoms with Crippen molar-refractivity contribution < 1.29 is 83.5 Å². The minimum absolute atomic E-state index is 0. The van der Waals surface area contributed by atoms with Crippen molar-refractivity contribution in [3.8, 4) is 0 Å². The number of benzene rings is 1. The number of nitrogens with one attached hydrogen (secondary N) is 2. The molecule has 0 aliphatic carbocycles. The first kappa shape index (κ1) is 42.2. The molecule has 0 bridgehead atoms. The minimum Gasteiger partial charge on any atom is -0.760 e. The van der Waals surface area contributed by atoms with Crippen molar-refractivity contribution in [1.29, 1.82) is 0 Å². The van der Waals surface area contributed by atoms with Crippen LogP contribution < -0.4 is 10.0 Å². The molecule has 0 aromatic heterocycles. The molecule has 1 fully saturated rings. The number of cyclic esters (lactones) is 1. The van der Waals surface area contributed by atoms with E-state index in [1.807, 2.05) is 0 Å². The molecular formula is C32H48N3O9PrS-. The number of carbonyl (C=O) groups excluding carboxylic acids is 5. The van der Waals surface area contributed by atoms with Crippen LogP contribution in [0.2, 0.25) is 0 Å². The maximum atomic E-state index is 13.5. The Labute approximate surface area is 308 Å². The molecule has 0 saturated carbocycles. The van der Waals surface area contributed by atoms with Crippen molar-refractivity contribution in [2.24, 2.45) is 5.41 Å². The number of unbranched alkanes of at least 4 members (excludes halogenated alkanes) is 7. The maximum Gasteiger partial charge on any atom is 0.418 e. The molecule has 46 heavy (non-hydrogen) atoms. The number of amides is 3. The number of esters is 1. The molecule has 1 radical (unpaired) electrons. The fraction of sp³-hybridized carbons (Fsp3) is 0.656. The SMILES string of the molecule is CCCCCCCCCCC(CNS(=O)[O-])OC(=O)c1ccc(NC(=O)C(C(=O)C(C)(C)C)N2C(=O)OC(C)(C)C2=O)c(C)c1.[Pr]. The van der Waals surface area contributed by atoms with E-state index in [1.165, 1.54) is 57.7 Å². The first-order valence-electron chi connectivity index (χ1n) is 15.6. The molecule has 1 aromatic rings. The van der Waals surface area contributed by atoms with E-state index < -0.39 is 64.1 Å². The van der Waals surface area contributed by atoms with E-state index in [1.54, 1.807) is 27.7 Å². The van der Waals surface area contributed by atoms with Gasteiger partial charge in [-0.15, -0.1) is 0 Å². The Kier molecular flexibility index (Phi) is 17.7. The predicted molar refractivity (Wildman–Crippen MR) is 169 cm³/mol. The first-order chi connectivity index (χ1) is 21.0. The van der Waals surface area contributed by atoms with Crippen molar-refractivity contribution in [3.63, 3.8) is 0 Å². The van der Waals surface area contributed by atoms with Crippen LogP contribution in [0.3, 0.4) is 0 Å². The third-order valence-electron chi connectivity index (χ3n) is 7.57. The van der Waals surface area contributed by atoms with Gasteiger partial charge in [-0.3, -0.25) is 18.6 Å². The van der Waals surface area contributed by atoms with Crippen LogP contribution in [0, 0.1) is 53.6 Å². The zero-order chi connectivity index (χ0) is 33.9. The molecule has 12 nitrogen and oxygen atoms in total. The largest absolute Gasteiger partial charge is 0.760 e.